The Hall–Kier alpha value is 0.110. The summed E-state index contributed by atoms with van der Waals surface area (Å²) in [5.41, 5.74) is -0.443. The largest absolute Gasteiger partial charge is 0.329 e. The van der Waals surface area contributed by atoms with Crippen molar-refractivity contribution in [3.63, 3.8) is 0 Å². The third kappa shape index (κ3) is 2.06. The van der Waals surface area contributed by atoms with Gasteiger partial charge in [0.1, 0.15) is 0 Å². The van der Waals surface area contributed by atoms with Crippen molar-refractivity contribution in [2.75, 3.05) is 13.1 Å². The van der Waals surface area contributed by atoms with E-state index in [1.54, 1.807) is 0 Å². The topological polar surface area (TPSA) is 69.6 Å². The molecule has 1 aliphatic heterocycles. The van der Waals surface area contributed by atoms with Gasteiger partial charge in [0, 0.05) is 6.54 Å². The molecule has 1 saturated heterocycles. The van der Waals surface area contributed by atoms with Gasteiger partial charge in [0.2, 0.25) is 0 Å². The Morgan fingerprint density at radius 1 is 1.50 bits per heavy atom. The first-order valence-corrected chi connectivity index (χ1v) is 5.05. The van der Waals surface area contributed by atoms with Crippen LogP contribution in [0.15, 0.2) is 0 Å². The van der Waals surface area contributed by atoms with Crippen molar-refractivity contribution in [1.29, 1.82) is 0 Å². The van der Waals surface area contributed by atoms with Crippen molar-refractivity contribution in [3.8, 4) is 0 Å². The first kappa shape index (κ1) is 8.21. The molecule has 0 aromatic rings. The molecule has 0 aromatic heterocycles. The molecule has 0 radical (unpaired) electrons. The Bertz CT molecular complexity index is 149. The number of piperidine rings is 1. The lowest BCUT2D eigenvalue weighted by atomic mass is 10.2. The molecule has 1 rings (SSSR count). The van der Waals surface area contributed by atoms with E-state index in [2.05, 4.69) is 5.32 Å². The maximum Gasteiger partial charge on any atom is 0.329 e. The summed E-state index contributed by atoms with van der Waals surface area (Å²) in [4.78, 5) is 17.4. The van der Waals surface area contributed by atoms with Crippen LogP contribution in [0.5, 0.6) is 0 Å². The third-order valence-electron chi connectivity index (χ3n) is 1.75. The average Bonchev–Trinajstić information content (AvgIpc) is 1.88. The van der Waals surface area contributed by atoms with Gasteiger partial charge in [-0.2, -0.15) is 0 Å². The summed E-state index contributed by atoms with van der Waals surface area (Å²) in [6.45, 7) is 1.35. The molecule has 0 spiro atoms. The van der Waals surface area contributed by atoms with Crippen molar-refractivity contribution in [1.82, 2.24) is 5.32 Å². The first-order chi connectivity index (χ1) is 4.61. The van der Waals surface area contributed by atoms with Crippen LogP contribution in [0.25, 0.3) is 0 Å². The van der Waals surface area contributed by atoms with E-state index in [0.717, 1.165) is 13.0 Å². The van der Waals surface area contributed by atoms with Gasteiger partial charge in [-0.1, -0.05) is 0 Å². The molecule has 1 atom stereocenters. The summed E-state index contributed by atoms with van der Waals surface area (Å²) < 4.78 is 10.6. The van der Waals surface area contributed by atoms with Gasteiger partial charge in [-0.3, -0.25) is 4.57 Å². The van der Waals surface area contributed by atoms with Crippen LogP contribution in [0, 0.1) is 0 Å². The van der Waals surface area contributed by atoms with Crippen molar-refractivity contribution in [2.45, 2.75) is 18.5 Å². The lowest BCUT2D eigenvalue weighted by Gasteiger charge is -2.22. The van der Waals surface area contributed by atoms with E-state index >= 15 is 0 Å². The van der Waals surface area contributed by atoms with Crippen molar-refractivity contribution in [2.24, 2.45) is 0 Å². The second-order valence-electron chi connectivity index (χ2n) is 2.59. The third-order valence-corrected chi connectivity index (χ3v) is 3.14. The summed E-state index contributed by atoms with van der Waals surface area (Å²) in [6, 6.07) is 0. The summed E-state index contributed by atoms with van der Waals surface area (Å²) >= 11 is 0. The molecule has 0 aliphatic carbocycles. The molecule has 5 heteroatoms. The highest BCUT2D eigenvalue weighted by Gasteiger charge is 2.29. The summed E-state index contributed by atoms with van der Waals surface area (Å²) in [5, 5.41) is 2.95. The van der Waals surface area contributed by atoms with Crippen LogP contribution in [0.2, 0.25) is 0 Å². The average molecular weight is 165 g/mol. The van der Waals surface area contributed by atoms with Crippen molar-refractivity contribution in [3.05, 3.63) is 0 Å². The minimum Gasteiger partial charge on any atom is -0.324 e. The van der Waals surface area contributed by atoms with Gasteiger partial charge in [0.05, 0.1) is 5.66 Å². The SMILES string of the molecule is O=P(O)(O)C1CCCNC1. The van der Waals surface area contributed by atoms with E-state index < -0.39 is 13.3 Å². The van der Waals surface area contributed by atoms with Crippen LogP contribution < -0.4 is 5.32 Å². The molecule has 3 N–H and O–H groups in total. The Morgan fingerprint density at radius 3 is 2.50 bits per heavy atom. The zero-order chi connectivity index (χ0) is 7.61. The van der Waals surface area contributed by atoms with E-state index in [1.807, 2.05) is 0 Å². The lowest BCUT2D eigenvalue weighted by molar-refractivity contribution is 0.341. The van der Waals surface area contributed by atoms with Crippen LogP contribution in [-0.4, -0.2) is 28.5 Å². The molecule has 60 valence electrons. The monoisotopic (exact) mass is 165 g/mol. The van der Waals surface area contributed by atoms with Gasteiger partial charge < -0.3 is 15.1 Å². The molecule has 10 heavy (non-hydrogen) atoms. The number of rotatable bonds is 1. The van der Waals surface area contributed by atoms with Gasteiger partial charge in [-0.25, -0.2) is 0 Å². The maximum atomic E-state index is 10.6. The zero-order valence-electron chi connectivity index (χ0n) is 5.66. The second-order valence-corrected chi connectivity index (χ2v) is 4.50. The highest BCUT2D eigenvalue weighted by molar-refractivity contribution is 7.52. The van der Waals surface area contributed by atoms with E-state index in [-0.39, 0.29) is 0 Å². The molecule has 1 unspecified atom stereocenters. The smallest absolute Gasteiger partial charge is 0.324 e. The Labute approximate surface area is 59.8 Å². The molecule has 0 aromatic carbocycles. The van der Waals surface area contributed by atoms with Gasteiger partial charge in [-0.05, 0) is 19.4 Å². The van der Waals surface area contributed by atoms with Crippen LogP contribution >= 0.6 is 7.60 Å². The molecule has 1 heterocycles. The Kier molecular flexibility index (Phi) is 2.47. The van der Waals surface area contributed by atoms with Crippen LogP contribution in [-0.2, 0) is 4.57 Å². The molecule has 0 amide bonds. The van der Waals surface area contributed by atoms with Crippen molar-refractivity contribution >= 4 is 7.60 Å². The quantitative estimate of drug-likeness (QED) is 0.475. The van der Waals surface area contributed by atoms with Crippen LogP contribution in [0.3, 0.4) is 0 Å². The summed E-state index contributed by atoms with van der Waals surface area (Å²) in [7, 11) is -3.80. The molecular weight excluding hydrogens is 153 g/mol. The van der Waals surface area contributed by atoms with Crippen LogP contribution in [0.1, 0.15) is 12.8 Å². The Morgan fingerprint density at radius 2 is 2.20 bits per heavy atom. The summed E-state index contributed by atoms with van der Waals surface area (Å²) in [6.07, 6.45) is 1.52. The fraction of sp³-hybridized carbons (Fsp3) is 1.00. The van der Waals surface area contributed by atoms with Crippen molar-refractivity contribution < 1.29 is 14.4 Å². The highest BCUT2D eigenvalue weighted by Crippen LogP contribution is 2.43. The standard InChI is InChI=1S/C5H12NO3P/c7-10(8,9)5-2-1-3-6-4-5/h5-6H,1-4H2,(H2,7,8,9). The van der Waals surface area contributed by atoms with E-state index in [0.29, 0.717) is 13.0 Å². The normalized spacial score (nSPS) is 28.4. The molecule has 1 fully saturated rings. The minimum absolute atomic E-state index is 0.443. The molecule has 1 aliphatic rings. The van der Waals surface area contributed by atoms with Gasteiger partial charge in [0.25, 0.3) is 0 Å². The first-order valence-electron chi connectivity index (χ1n) is 3.36. The van der Waals surface area contributed by atoms with Gasteiger partial charge in [0.15, 0.2) is 0 Å². The second kappa shape index (κ2) is 3.01. The van der Waals surface area contributed by atoms with Crippen LogP contribution in [0.4, 0.5) is 0 Å². The fourth-order valence-corrected chi connectivity index (χ4v) is 2.01. The molecule has 0 bridgehead atoms. The van der Waals surface area contributed by atoms with E-state index in [9.17, 15) is 4.57 Å². The summed E-state index contributed by atoms with van der Waals surface area (Å²) in [5.74, 6) is 0. The van der Waals surface area contributed by atoms with E-state index in [1.165, 1.54) is 0 Å². The number of hydrogen-bond donors (Lipinski definition) is 3. The number of hydrogen-bond acceptors (Lipinski definition) is 2. The molecular formula is C5H12NO3P. The molecule has 0 saturated carbocycles. The molecule has 4 nitrogen and oxygen atoms in total. The fourth-order valence-electron chi connectivity index (χ4n) is 1.12. The highest BCUT2D eigenvalue weighted by atomic mass is 31.2. The number of nitrogens with one attached hydrogen (secondary N) is 1. The van der Waals surface area contributed by atoms with E-state index in [4.69, 9.17) is 9.79 Å². The lowest BCUT2D eigenvalue weighted by Crippen LogP contribution is -2.33. The maximum absolute atomic E-state index is 10.6. The predicted octanol–water partition coefficient (Wildman–Crippen LogP) is -0.0839. The van der Waals surface area contributed by atoms with Gasteiger partial charge >= 0.3 is 7.60 Å². The zero-order valence-corrected chi connectivity index (χ0v) is 6.55. The minimum atomic E-state index is -3.80. The Balaban J connectivity index is 2.47. The predicted molar refractivity (Wildman–Crippen MR) is 37.9 cm³/mol. The van der Waals surface area contributed by atoms with Gasteiger partial charge in [-0.15, -0.1) is 0 Å².